The Morgan fingerprint density at radius 2 is 2.23 bits per heavy atom. The molecule has 1 aliphatic rings. The minimum absolute atomic E-state index is 0.116. The minimum atomic E-state index is -1.15. The summed E-state index contributed by atoms with van der Waals surface area (Å²) in [5.74, 6) is -1.52. The molecule has 1 amide bonds. The number of methoxy groups -OCH3 is 1. The number of halogens is 1. The van der Waals surface area contributed by atoms with E-state index in [1.165, 1.54) is 13.2 Å². The Morgan fingerprint density at radius 1 is 1.55 bits per heavy atom. The van der Waals surface area contributed by atoms with Gasteiger partial charge in [0, 0.05) is 10.0 Å². The molecule has 1 fully saturated rings. The van der Waals surface area contributed by atoms with Crippen LogP contribution in [0.1, 0.15) is 5.56 Å². The van der Waals surface area contributed by atoms with Crippen LogP contribution < -0.4 is 4.74 Å². The molecule has 1 saturated heterocycles. The quantitative estimate of drug-likeness (QED) is 0.589. The van der Waals surface area contributed by atoms with Crippen LogP contribution in [-0.4, -0.2) is 45.0 Å². The fraction of sp³-hybridized carbons (Fsp3) is 0.154. The highest BCUT2D eigenvalue weighted by Crippen LogP contribution is 2.38. The van der Waals surface area contributed by atoms with Crippen LogP contribution in [0.3, 0.4) is 0 Å². The summed E-state index contributed by atoms with van der Waals surface area (Å²) in [4.78, 5) is 24.2. The average Bonchev–Trinajstić information content (AvgIpc) is 2.69. The summed E-state index contributed by atoms with van der Waals surface area (Å²) < 4.78 is 5.87. The summed E-state index contributed by atoms with van der Waals surface area (Å²) in [6, 6.07) is 3.20. The number of nitrogens with zero attached hydrogens (tertiary/aromatic N) is 1. The predicted molar refractivity (Wildman–Crippen MR) is 89.9 cm³/mol. The Morgan fingerprint density at radius 3 is 2.82 bits per heavy atom. The van der Waals surface area contributed by atoms with Crippen molar-refractivity contribution in [1.29, 1.82) is 0 Å². The third-order valence-electron chi connectivity index (χ3n) is 2.74. The number of carbonyl (C=O) groups is 2. The third-order valence-corrected chi connectivity index (χ3v) is 4.58. The lowest BCUT2D eigenvalue weighted by Gasteiger charge is -2.10. The Kier molecular flexibility index (Phi) is 5.09. The van der Waals surface area contributed by atoms with Crippen LogP contribution in [0.2, 0.25) is 0 Å². The largest absolute Gasteiger partial charge is 0.504 e. The maximum atomic E-state index is 12.2. The highest BCUT2D eigenvalue weighted by molar-refractivity contribution is 9.10. The Hall–Kier alpha value is -1.58. The Bertz CT molecular complexity index is 704. The molecule has 0 unspecified atom stereocenters. The van der Waals surface area contributed by atoms with E-state index in [-0.39, 0.29) is 20.7 Å². The number of phenolic OH excluding ortho intramolecular Hbond substituents is 1. The average molecular weight is 404 g/mol. The van der Waals surface area contributed by atoms with E-state index in [1.807, 2.05) is 0 Å². The first-order valence-corrected chi connectivity index (χ1v) is 7.89. The van der Waals surface area contributed by atoms with E-state index in [0.29, 0.717) is 10.0 Å². The monoisotopic (exact) mass is 403 g/mol. The van der Waals surface area contributed by atoms with Crippen molar-refractivity contribution in [2.45, 2.75) is 0 Å². The Labute approximate surface area is 143 Å². The maximum Gasteiger partial charge on any atom is 0.323 e. The molecule has 1 aromatic carbocycles. The van der Waals surface area contributed by atoms with E-state index in [1.54, 1.807) is 12.1 Å². The van der Waals surface area contributed by atoms with Crippen LogP contribution in [0.5, 0.6) is 11.5 Å². The molecular formula is C13H10BrNO5S2. The lowest BCUT2D eigenvalue weighted by atomic mass is 10.1. The van der Waals surface area contributed by atoms with E-state index in [0.717, 1.165) is 16.7 Å². The van der Waals surface area contributed by atoms with Crippen LogP contribution in [0.25, 0.3) is 6.08 Å². The highest BCUT2D eigenvalue weighted by Gasteiger charge is 2.33. The number of hydrogen-bond acceptors (Lipinski definition) is 6. The van der Waals surface area contributed by atoms with Gasteiger partial charge in [-0.25, -0.2) is 0 Å². The molecule has 6 nitrogen and oxygen atoms in total. The lowest BCUT2D eigenvalue weighted by Crippen LogP contribution is -2.33. The van der Waals surface area contributed by atoms with Crippen molar-refractivity contribution in [3.05, 3.63) is 27.1 Å². The van der Waals surface area contributed by atoms with Crippen LogP contribution in [0.15, 0.2) is 21.5 Å². The maximum absolute atomic E-state index is 12.2. The summed E-state index contributed by atoms with van der Waals surface area (Å²) in [5, 5.41) is 18.9. The summed E-state index contributed by atoms with van der Waals surface area (Å²) in [6.07, 6.45) is 1.45. The molecular weight excluding hydrogens is 394 g/mol. The van der Waals surface area contributed by atoms with E-state index in [4.69, 9.17) is 22.1 Å². The van der Waals surface area contributed by atoms with Crippen LogP contribution in [0.4, 0.5) is 0 Å². The number of phenols is 1. The molecule has 2 N–H and O–H groups in total. The smallest absolute Gasteiger partial charge is 0.323 e. The highest BCUT2D eigenvalue weighted by atomic mass is 79.9. The number of rotatable bonds is 4. The van der Waals surface area contributed by atoms with Crippen LogP contribution in [0, 0.1) is 0 Å². The summed E-state index contributed by atoms with van der Waals surface area (Å²) in [5.41, 5.74) is 0.363. The summed E-state index contributed by atoms with van der Waals surface area (Å²) >= 11 is 9.27. The van der Waals surface area contributed by atoms with Crippen LogP contribution in [-0.2, 0) is 9.59 Å². The van der Waals surface area contributed by atoms with Gasteiger partial charge in [-0.2, -0.15) is 0 Å². The molecule has 116 valence electrons. The van der Waals surface area contributed by atoms with Crippen molar-refractivity contribution >= 4 is 62.2 Å². The molecule has 2 rings (SSSR count). The van der Waals surface area contributed by atoms with Gasteiger partial charge in [-0.15, -0.1) is 0 Å². The summed E-state index contributed by atoms with van der Waals surface area (Å²) in [6.45, 7) is -0.490. The standard InChI is InChI=1S/C13H10BrNO5S2/c1-20-8-4-7(14)2-6(11(8)18)3-9-12(19)15(5-10(16)17)13(21)22-9/h2-4,18H,5H2,1H3,(H,16,17)/b9-3+. The molecule has 0 saturated carbocycles. The molecule has 0 spiro atoms. The van der Waals surface area contributed by atoms with E-state index >= 15 is 0 Å². The number of carbonyl (C=O) groups excluding carboxylic acids is 1. The van der Waals surface area contributed by atoms with Gasteiger partial charge in [0.15, 0.2) is 11.5 Å². The number of ether oxygens (including phenoxy) is 1. The first-order chi connectivity index (χ1) is 10.3. The second kappa shape index (κ2) is 6.67. The lowest BCUT2D eigenvalue weighted by molar-refractivity contribution is -0.140. The fourth-order valence-electron chi connectivity index (χ4n) is 1.77. The molecule has 0 aliphatic carbocycles. The van der Waals surface area contributed by atoms with E-state index in [2.05, 4.69) is 15.9 Å². The molecule has 0 aromatic heterocycles. The van der Waals surface area contributed by atoms with Gasteiger partial charge in [-0.1, -0.05) is 39.9 Å². The van der Waals surface area contributed by atoms with E-state index in [9.17, 15) is 14.7 Å². The number of carboxylic acids is 1. The van der Waals surface area contributed by atoms with Crippen molar-refractivity contribution in [3.8, 4) is 11.5 Å². The van der Waals surface area contributed by atoms with Gasteiger partial charge in [0.05, 0.1) is 12.0 Å². The number of thioether (sulfide) groups is 1. The molecule has 22 heavy (non-hydrogen) atoms. The number of amides is 1. The first-order valence-electron chi connectivity index (χ1n) is 5.87. The number of hydrogen-bond donors (Lipinski definition) is 2. The zero-order valence-electron chi connectivity index (χ0n) is 11.2. The topological polar surface area (TPSA) is 87.1 Å². The van der Waals surface area contributed by atoms with Gasteiger partial charge in [0.2, 0.25) is 0 Å². The van der Waals surface area contributed by atoms with Crippen LogP contribution >= 0.6 is 39.9 Å². The minimum Gasteiger partial charge on any atom is -0.504 e. The molecule has 1 heterocycles. The van der Waals surface area contributed by atoms with Gasteiger partial charge >= 0.3 is 5.97 Å². The number of thiocarbonyl (C=S) groups is 1. The number of carboxylic acid groups (broad SMARTS) is 1. The van der Waals surface area contributed by atoms with Crippen molar-refractivity contribution in [1.82, 2.24) is 4.90 Å². The van der Waals surface area contributed by atoms with Crippen molar-refractivity contribution in [3.63, 3.8) is 0 Å². The Balaban J connectivity index is 2.39. The van der Waals surface area contributed by atoms with Gasteiger partial charge in [0.25, 0.3) is 5.91 Å². The SMILES string of the molecule is COc1cc(Br)cc(/C=C2/SC(=S)N(CC(=O)O)C2=O)c1O. The fourth-order valence-corrected chi connectivity index (χ4v) is 3.47. The predicted octanol–water partition coefficient (Wildman–Crippen LogP) is 2.45. The summed E-state index contributed by atoms with van der Waals surface area (Å²) in [7, 11) is 1.41. The first kappa shape index (κ1) is 16.8. The normalized spacial score (nSPS) is 16.5. The van der Waals surface area contributed by atoms with Crippen molar-refractivity contribution in [2.75, 3.05) is 13.7 Å². The van der Waals surface area contributed by atoms with Gasteiger partial charge in [0.1, 0.15) is 10.9 Å². The van der Waals surface area contributed by atoms with Gasteiger partial charge in [-0.3, -0.25) is 14.5 Å². The zero-order valence-corrected chi connectivity index (χ0v) is 14.4. The molecule has 1 aliphatic heterocycles. The zero-order chi connectivity index (χ0) is 16.4. The van der Waals surface area contributed by atoms with Crippen molar-refractivity contribution < 1.29 is 24.5 Å². The molecule has 0 bridgehead atoms. The number of aliphatic carboxylic acids is 1. The second-order valence-electron chi connectivity index (χ2n) is 4.21. The number of aromatic hydroxyl groups is 1. The molecule has 0 radical (unpaired) electrons. The van der Waals surface area contributed by atoms with Gasteiger partial charge in [-0.05, 0) is 18.2 Å². The third kappa shape index (κ3) is 3.42. The molecule has 1 aromatic rings. The molecule has 0 atom stereocenters. The van der Waals surface area contributed by atoms with E-state index < -0.39 is 18.4 Å². The number of benzene rings is 1. The van der Waals surface area contributed by atoms with Crippen molar-refractivity contribution in [2.24, 2.45) is 0 Å². The molecule has 9 heteroatoms. The second-order valence-corrected chi connectivity index (χ2v) is 6.80. The van der Waals surface area contributed by atoms with Gasteiger partial charge < -0.3 is 14.9 Å².